The van der Waals surface area contributed by atoms with Crippen molar-refractivity contribution in [3.8, 4) is 11.5 Å². The van der Waals surface area contributed by atoms with E-state index in [2.05, 4.69) is 116 Å². The molecule has 13 nitrogen and oxygen atoms in total. The van der Waals surface area contributed by atoms with Crippen LogP contribution in [0.4, 0.5) is 0 Å². The summed E-state index contributed by atoms with van der Waals surface area (Å²) in [6, 6.07) is 67.2. The SMILES string of the molecule is CCCCCCCCCCCCCC[C@@H](OCc1ccc(OC)cc1)[C@@H](OCc1ccc(OC)cc1)[C@H](CO[C@H]1OC(COCc2ccccc2)[C@H](OCc2ccccc2)[C@H](OCc2ccccc2)[C@H]1OCc1ccccc1)n1cc(CCCCCCc2ccccc2)nn1. The Bertz CT molecular complexity index is 3220. The highest BCUT2D eigenvalue weighted by atomic mass is 16.7. The molecule has 13 heteroatoms. The molecule has 0 radical (unpaired) electrons. The Labute approximate surface area is 567 Å². The highest BCUT2D eigenvalue weighted by Crippen LogP contribution is 2.35. The lowest BCUT2D eigenvalue weighted by Gasteiger charge is -2.46. The monoisotopic (exact) mass is 1290 g/mol. The van der Waals surface area contributed by atoms with E-state index in [0.717, 1.165) is 115 Å². The van der Waals surface area contributed by atoms with Crippen molar-refractivity contribution in [2.45, 2.75) is 218 Å². The first-order valence-electron chi connectivity index (χ1n) is 35.3. The summed E-state index contributed by atoms with van der Waals surface area (Å²) in [6.07, 6.45) is 19.1. The fraction of sp³-hybridized carbons (Fsp3) is 0.463. The Morgan fingerprint density at radius 3 is 1.36 bits per heavy atom. The Morgan fingerprint density at radius 2 is 0.842 bits per heavy atom. The van der Waals surface area contributed by atoms with Gasteiger partial charge >= 0.3 is 0 Å². The lowest BCUT2D eigenvalue weighted by atomic mass is 9.97. The number of ether oxygens (including phenoxy) is 10. The van der Waals surface area contributed by atoms with Gasteiger partial charge in [-0.3, -0.25) is 0 Å². The molecular weight excluding hydrogens is 1190 g/mol. The summed E-state index contributed by atoms with van der Waals surface area (Å²) in [7, 11) is 3.38. The van der Waals surface area contributed by atoms with Gasteiger partial charge in [0, 0.05) is 6.20 Å². The van der Waals surface area contributed by atoms with Crippen LogP contribution in [0.25, 0.3) is 0 Å². The molecule has 0 spiro atoms. The minimum Gasteiger partial charge on any atom is -0.497 e. The quantitative estimate of drug-likeness (QED) is 0.0337. The predicted molar refractivity (Wildman–Crippen MR) is 376 cm³/mol. The third-order valence-electron chi connectivity index (χ3n) is 18.0. The Kier molecular flexibility index (Phi) is 32.3. The van der Waals surface area contributed by atoms with Crippen LogP contribution < -0.4 is 9.47 Å². The highest BCUT2D eigenvalue weighted by molar-refractivity contribution is 5.28. The third kappa shape index (κ3) is 25.5. The van der Waals surface area contributed by atoms with E-state index in [1.165, 1.54) is 63.4 Å². The maximum atomic E-state index is 7.49. The zero-order valence-corrected chi connectivity index (χ0v) is 56.8. The normalized spacial score (nSPS) is 17.3. The fourth-order valence-corrected chi connectivity index (χ4v) is 12.5. The first kappa shape index (κ1) is 72.2. The van der Waals surface area contributed by atoms with Crippen molar-refractivity contribution in [2.24, 2.45) is 0 Å². The van der Waals surface area contributed by atoms with E-state index < -0.39 is 49.0 Å². The maximum absolute atomic E-state index is 7.49. The molecule has 8 atom stereocenters. The number of aryl methyl sites for hydroxylation is 2. The molecule has 8 aromatic rings. The second-order valence-electron chi connectivity index (χ2n) is 25.3. The molecule has 0 saturated carbocycles. The summed E-state index contributed by atoms with van der Waals surface area (Å²) >= 11 is 0. The molecule has 0 bridgehead atoms. The molecule has 2 heterocycles. The van der Waals surface area contributed by atoms with Crippen molar-refractivity contribution in [1.29, 1.82) is 0 Å². The van der Waals surface area contributed by atoms with Gasteiger partial charge in [-0.2, -0.15) is 0 Å². The van der Waals surface area contributed by atoms with Crippen LogP contribution in [0.15, 0.2) is 206 Å². The van der Waals surface area contributed by atoms with Crippen LogP contribution in [-0.2, 0) is 90.4 Å². The maximum Gasteiger partial charge on any atom is 0.187 e. The average molecular weight is 1290 g/mol. The van der Waals surface area contributed by atoms with Crippen LogP contribution in [-0.4, -0.2) is 85.3 Å². The first-order valence-corrected chi connectivity index (χ1v) is 35.3. The highest BCUT2D eigenvalue weighted by Gasteiger charge is 2.50. The number of rotatable bonds is 47. The molecule has 508 valence electrons. The standard InChI is InChI=1S/C82H105N3O10/c1-4-5-6-7-8-9-10-11-12-13-14-34-47-76(89-58-70-48-52-73(86-2)53-49-70)78(90-62-71-50-54-74(87-3)55-51-71)75(85-56-72(83-84-85)46-33-16-15-22-35-65-36-23-17-24-37-65)63-94-82-81(93-61-69-44-31-21-32-45-69)80(92-60-68-42-29-20-30-43-68)79(91-59-67-40-27-19-28-41-67)77(95-82)64-88-57-66-38-25-18-26-39-66/h17-21,23-32,36-45,48-56,75-82H,4-16,22,33-35,46-47,57-64H2,1-3H3/t75-,76+,77?,78-,79-,80-,81+,82-/m0/s1. The van der Waals surface area contributed by atoms with Gasteiger partial charge in [0.25, 0.3) is 0 Å². The van der Waals surface area contributed by atoms with Crippen molar-refractivity contribution < 1.29 is 47.4 Å². The smallest absolute Gasteiger partial charge is 0.187 e. The van der Waals surface area contributed by atoms with Crippen molar-refractivity contribution in [3.05, 3.63) is 251 Å². The molecule has 1 aliphatic rings. The van der Waals surface area contributed by atoms with Crippen LogP contribution in [0.2, 0.25) is 0 Å². The zero-order chi connectivity index (χ0) is 65.6. The predicted octanol–water partition coefficient (Wildman–Crippen LogP) is 18.2. The molecule has 1 fully saturated rings. The van der Waals surface area contributed by atoms with E-state index in [0.29, 0.717) is 19.8 Å². The summed E-state index contributed by atoms with van der Waals surface area (Å²) < 4.78 is 70.9. The molecular formula is C82H105N3O10. The van der Waals surface area contributed by atoms with Crippen LogP contribution in [0.1, 0.15) is 167 Å². The second-order valence-corrected chi connectivity index (χ2v) is 25.3. The lowest BCUT2D eigenvalue weighted by Crippen LogP contribution is -2.62. The zero-order valence-electron chi connectivity index (χ0n) is 56.8. The molecule has 7 aromatic carbocycles. The van der Waals surface area contributed by atoms with Crippen molar-refractivity contribution in [1.82, 2.24) is 15.0 Å². The van der Waals surface area contributed by atoms with E-state index in [1.54, 1.807) is 14.2 Å². The summed E-state index contributed by atoms with van der Waals surface area (Å²) in [5, 5.41) is 9.94. The molecule has 0 amide bonds. The van der Waals surface area contributed by atoms with Gasteiger partial charge in [-0.25, -0.2) is 4.68 Å². The van der Waals surface area contributed by atoms with E-state index >= 15 is 0 Å². The summed E-state index contributed by atoms with van der Waals surface area (Å²) in [6.45, 7) is 4.41. The van der Waals surface area contributed by atoms with Crippen LogP contribution in [0, 0.1) is 0 Å². The lowest BCUT2D eigenvalue weighted by molar-refractivity contribution is -0.331. The van der Waals surface area contributed by atoms with Gasteiger partial charge < -0.3 is 47.4 Å². The number of hydrogen-bond acceptors (Lipinski definition) is 12. The molecule has 1 aromatic heterocycles. The molecule has 0 N–H and O–H groups in total. The van der Waals surface area contributed by atoms with Crippen LogP contribution in [0.5, 0.6) is 11.5 Å². The molecule has 9 rings (SSSR count). The Hall–Kier alpha value is -7.04. The van der Waals surface area contributed by atoms with Crippen LogP contribution in [0.3, 0.4) is 0 Å². The number of methoxy groups -OCH3 is 2. The fourth-order valence-electron chi connectivity index (χ4n) is 12.5. The molecule has 95 heavy (non-hydrogen) atoms. The summed E-state index contributed by atoms with van der Waals surface area (Å²) in [4.78, 5) is 0. The van der Waals surface area contributed by atoms with Crippen molar-refractivity contribution in [2.75, 3.05) is 27.4 Å². The second kappa shape index (κ2) is 42.5. The molecule has 1 saturated heterocycles. The van der Waals surface area contributed by atoms with E-state index in [9.17, 15) is 0 Å². The molecule has 1 aliphatic heterocycles. The van der Waals surface area contributed by atoms with Gasteiger partial charge in [-0.05, 0) is 95.3 Å². The molecule has 1 unspecified atom stereocenters. The number of nitrogens with zero attached hydrogens (tertiary/aromatic N) is 3. The summed E-state index contributed by atoms with van der Waals surface area (Å²) in [5.41, 5.74) is 8.37. The van der Waals surface area contributed by atoms with Gasteiger partial charge in [-0.15, -0.1) is 5.10 Å². The topological polar surface area (TPSA) is 123 Å². The van der Waals surface area contributed by atoms with Crippen LogP contribution >= 0.6 is 0 Å². The van der Waals surface area contributed by atoms with Gasteiger partial charge in [0.1, 0.15) is 48.1 Å². The van der Waals surface area contributed by atoms with Gasteiger partial charge in [0.15, 0.2) is 6.29 Å². The first-order chi connectivity index (χ1) is 47.0. The van der Waals surface area contributed by atoms with Gasteiger partial charge in [-0.1, -0.05) is 278 Å². The van der Waals surface area contributed by atoms with Gasteiger partial charge in [0.2, 0.25) is 0 Å². The largest absolute Gasteiger partial charge is 0.497 e. The van der Waals surface area contributed by atoms with Gasteiger partial charge in [0.05, 0.1) is 78.9 Å². The Balaban J connectivity index is 1.06. The number of unbranched alkanes of at least 4 members (excludes halogenated alkanes) is 14. The van der Waals surface area contributed by atoms with Crippen molar-refractivity contribution >= 4 is 0 Å². The number of hydrogen-bond donors (Lipinski definition) is 0. The Morgan fingerprint density at radius 1 is 0.411 bits per heavy atom. The van der Waals surface area contributed by atoms with Crippen molar-refractivity contribution in [3.63, 3.8) is 0 Å². The van der Waals surface area contributed by atoms with E-state index in [4.69, 9.17) is 57.7 Å². The van der Waals surface area contributed by atoms with E-state index in [1.807, 2.05) is 102 Å². The third-order valence-corrected chi connectivity index (χ3v) is 18.0. The average Bonchev–Trinajstić information content (AvgIpc) is 1.69. The number of aromatic nitrogens is 3. The number of benzene rings is 7. The minimum atomic E-state index is -1.000. The molecule has 0 aliphatic carbocycles. The summed E-state index contributed by atoms with van der Waals surface area (Å²) in [5.74, 6) is 1.56. The minimum absolute atomic E-state index is 0.0742. The van der Waals surface area contributed by atoms with E-state index in [-0.39, 0.29) is 33.0 Å².